The molecule has 0 saturated heterocycles. The number of H-pyrrole nitrogens is 2. The Morgan fingerprint density at radius 2 is 1.93 bits per heavy atom. The molecule has 1 atom stereocenters. The van der Waals surface area contributed by atoms with Crippen LogP contribution in [0.15, 0.2) is 39.1 Å². The lowest BCUT2D eigenvalue weighted by Gasteiger charge is -2.38. The van der Waals surface area contributed by atoms with Crippen LogP contribution in [0, 0.1) is 5.41 Å². The van der Waals surface area contributed by atoms with Crippen molar-refractivity contribution in [2.45, 2.75) is 39.5 Å². The zero-order valence-corrected chi connectivity index (χ0v) is 16.5. The number of ether oxygens (including phenoxy) is 1. The van der Waals surface area contributed by atoms with Crippen LogP contribution in [0.5, 0.6) is 11.5 Å². The van der Waals surface area contributed by atoms with Crippen LogP contribution in [0.4, 0.5) is 5.82 Å². The average Bonchev–Trinajstić information content (AvgIpc) is 2.60. The van der Waals surface area contributed by atoms with Gasteiger partial charge in [-0.3, -0.25) is 19.6 Å². The maximum Gasteiger partial charge on any atom is 0.327 e. The summed E-state index contributed by atoms with van der Waals surface area (Å²) in [5.41, 5.74) is 0.704. The molecule has 8 heteroatoms. The second kappa shape index (κ2) is 6.65. The number of anilines is 1. The van der Waals surface area contributed by atoms with E-state index in [4.69, 9.17) is 4.74 Å². The average molecular weight is 397 g/mol. The highest BCUT2D eigenvalue weighted by molar-refractivity contribution is 6.01. The smallest absolute Gasteiger partial charge is 0.327 e. The number of ketones is 1. The van der Waals surface area contributed by atoms with E-state index >= 15 is 0 Å². The minimum atomic E-state index is -0.676. The van der Waals surface area contributed by atoms with Gasteiger partial charge in [0.05, 0.1) is 12.2 Å². The molecule has 0 fully saturated rings. The highest BCUT2D eigenvalue weighted by Crippen LogP contribution is 2.48. The third-order valence-corrected chi connectivity index (χ3v) is 5.37. The molecule has 1 aliphatic carbocycles. The van der Waals surface area contributed by atoms with Crippen molar-refractivity contribution in [3.63, 3.8) is 0 Å². The van der Waals surface area contributed by atoms with Crippen LogP contribution in [0.2, 0.25) is 0 Å². The second-order valence-electron chi connectivity index (χ2n) is 8.25. The lowest BCUT2D eigenvalue weighted by atomic mass is 9.69. The normalized spacial score (nSPS) is 20.0. The van der Waals surface area contributed by atoms with Gasteiger partial charge in [0.1, 0.15) is 5.82 Å². The van der Waals surface area contributed by atoms with Gasteiger partial charge in [-0.15, -0.1) is 0 Å². The molecule has 1 aliphatic heterocycles. The molecule has 29 heavy (non-hydrogen) atoms. The number of Topliss-reactive ketones (excluding diaryl/α,β-unsaturated/α-hetero) is 1. The van der Waals surface area contributed by atoms with Crippen LogP contribution < -0.4 is 21.3 Å². The Morgan fingerprint density at radius 3 is 2.66 bits per heavy atom. The fraction of sp³-hybridized carbons (Fsp3) is 0.381. The van der Waals surface area contributed by atoms with Crippen molar-refractivity contribution in [1.82, 2.24) is 9.97 Å². The number of phenols is 1. The van der Waals surface area contributed by atoms with E-state index in [9.17, 15) is 19.5 Å². The van der Waals surface area contributed by atoms with Gasteiger partial charge < -0.3 is 15.2 Å². The van der Waals surface area contributed by atoms with Gasteiger partial charge in [-0.1, -0.05) is 19.9 Å². The lowest BCUT2D eigenvalue weighted by Crippen LogP contribution is -2.38. The summed E-state index contributed by atoms with van der Waals surface area (Å²) in [6.07, 6.45) is 0.965. The van der Waals surface area contributed by atoms with E-state index < -0.39 is 17.2 Å². The molecule has 2 heterocycles. The van der Waals surface area contributed by atoms with Crippen molar-refractivity contribution in [3.05, 3.63) is 61.4 Å². The van der Waals surface area contributed by atoms with E-state index in [1.54, 1.807) is 19.1 Å². The SMILES string of the molecule is CCOc1cc([C@@H]2C3=C(CC(C)(C)CC3=O)Nc3[nH]c(=O)[nH]c(=O)c32)ccc1O. The summed E-state index contributed by atoms with van der Waals surface area (Å²) in [7, 11) is 0. The van der Waals surface area contributed by atoms with E-state index in [1.807, 2.05) is 13.8 Å². The summed E-state index contributed by atoms with van der Waals surface area (Å²) in [5.74, 6) is -0.178. The first-order valence-electron chi connectivity index (χ1n) is 9.55. The van der Waals surface area contributed by atoms with Crippen LogP contribution in [-0.2, 0) is 4.79 Å². The maximum atomic E-state index is 13.1. The number of hydrogen-bond acceptors (Lipinski definition) is 6. The van der Waals surface area contributed by atoms with Crippen LogP contribution in [0.1, 0.15) is 50.7 Å². The summed E-state index contributed by atoms with van der Waals surface area (Å²) in [4.78, 5) is 42.6. The van der Waals surface area contributed by atoms with Gasteiger partial charge in [-0.2, -0.15) is 0 Å². The molecule has 0 saturated carbocycles. The number of rotatable bonds is 3. The summed E-state index contributed by atoms with van der Waals surface area (Å²) in [6, 6.07) is 4.79. The minimum absolute atomic E-state index is 0.0227. The number of hydrogen-bond donors (Lipinski definition) is 4. The van der Waals surface area contributed by atoms with E-state index in [0.717, 1.165) is 0 Å². The van der Waals surface area contributed by atoms with E-state index in [2.05, 4.69) is 15.3 Å². The maximum absolute atomic E-state index is 13.1. The van der Waals surface area contributed by atoms with Gasteiger partial charge in [0.2, 0.25) is 0 Å². The molecule has 1 aromatic heterocycles. The van der Waals surface area contributed by atoms with Crippen LogP contribution in [0.25, 0.3) is 0 Å². The summed E-state index contributed by atoms with van der Waals surface area (Å²) < 4.78 is 5.49. The predicted molar refractivity (Wildman–Crippen MR) is 107 cm³/mol. The van der Waals surface area contributed by atoms with E-state index in [-0.39, 0.29) is 28.3 Å². The molecule has 4 N–H and O–H groups in total. The molecule has 8 nitrogen and oxygen atoms in total. The quantitative estimate of drug-likeness (QED) is 0.630. The molecule has 2 aliphatic rings. The zero-order valence-electron chi connectivity index (χ0n) is 16.5. The molecule has 0 spiro atoms. The first-order valence-corrected chi connectivity index (χ1v) is 9.55. The molecular weight excluding hydrogens is 374 g/mol. The fourth-order valence-corrected chi connectivity index (χ4v) is 4.26. The van der Waals surface area contributed by atoms with E-state index in [1.165, 1.54) is 6.07 Å². The van der Waals surface area contributed by atoms with Crippen molar-refractivity contribution in [2.24, 2.45) is 5.41 Å². The minimum Gasteiger partial charge on any atom is -0.504 e. The third-order valence-electron chi connectivity index (χ3n) is 5.37. The number of phenolic OH excluding ortho intramolecular Hbond substituents is 1. The summed E-state index contributed by atoms with van der Waals surface area (Å²) >= 11 is 0. The van der Waals surface area contributed by atoms with Gasteiger partial charge in [-0.05, 0) is 36.5 Å². The topological polar surface area (TPSA) is 124 Å². The highest BCUT2D eigenvalue weighted by atomic mass is 16.5. The van der Waals surface area contributed by atoms with Crippen molar-refractivity contribution < 1.29 is 14.6 Å². The number of allylic oxidation sites excluding steroid dienone is 2. The van der Waals surface area contributed by atoms with Crippen LogP contribution >= 0.6 is 0 Å². The lowest BCUT2D eigenvalue weighted by molar-refractivity contribution is -0.118. The second-order valence-corrected chi connectivity index (χ2v) is 8.25. The summed E-state index contributed by atoms with van der Waals surface area (Å²) in [6.45, 7) is 6.17. The Kier molecular flexibility index (Phi) is 4.37. The number of aromatic amines is 2. The van der Waals surface area contributed by atoms with Crippen molar-refractivity contribution in [2.75, 3.05) is 11.9 Å². The molecule has 0 bridgehead atoms. The predicted octanol–water partition coefficient (Wildman–Crippen LogP) is 2.37. The van der Waals surface area contributed by atoms with E-state index in [0.29, 0.717) is 42.1 Å². The van der Waals surface area contributed by atoms with Gasteiger partial charge in [0, 0.05) is 23.6 Å². The molecule has 0 unspecified atom stereocenters. The zero-order chi connectivity index (χ0) is 20.9. The van der Waals surface area contributed by atoms with Crippen LogP contribution in [0.3, 0.4) is 0 Å². The Hall–Kier alpha value is -3.29. The molecular formula is C21H23N3O5. The van der Waals surface area contributed by atoms with Gasteiger partial charge in [0.25, 0.3) is 5.56 Å². The molecule has 0 radical (unpaired) electrons. The number of aromatic nitrogens is 2. The number of carbonyl (C=O) groups is 1. The van der Waals surface area contributed by atoms with Crippen molar-refractivity contribution in [3.8, 4) is 11.5 Å². The highest BCUT2D eigenvalue weighted by Gasteiger charge is 2.42. The first-order chi connectivity index (χ1) is 13.7. The number of carbonyl (C=O) groups excluding carboxylic acids is 1. The Morgan fingerprint density at radius 1 is 1.17 bits per heavy atom. The van der Waals surface area contributed by atoms with Gasteiger partial charge in [-0.25, -0.2) is 4.79 Å². The molecule has 4 rings (SSSR count). The third kappa shape index (κ3) is 3.24. The number of fused-ring (bicyclic) bond motifs is 1. The Bertz CT molecular complexity index is 1160. The molecule has 0 amide bonds. The standard InChI is InChI=1S/C21H23N3O5/c1-4-29-14-7-10(5-6-12(14)25)15-16-11(8-21(2,3)9-13(16)26)22-18-17(15)19(27)24-20(28)23-18/h5-7,15,25H,4,8-9H2,1-3H3,(H3,22,23,24,27,28)/t15-/m1/s1. The fourth-order valence-electron chi connectivity index (χ4n) is 4.26. The van der Waals surface area contributed by atoms with Crippen molar-refractivity contribution in [1.29, 1.82) is 0 Å². The molecule has 152 valence electrons. The first kappa shape index (κ1) is 19.0. The van der Waals surface area contributed by atoms with Gasteiger partial charge in [0.15, 0.2) is 17.3 Å². The van der Waals surface area contributed by atoms with Crippen molar-refractivity contribution >= 4 is 11.6 Å². The number of aromatic hydroxyl groups is 1. The Balaban J connectivity index is 1.98. The largest absolute Gasteiger partial charge is 0.504 e. The van der Waals surface area contributed by atoms with Crippen LogP contribution in [-0.4, -0.2) is 27.5 Å². The molecule has 1 aromatic carbocycles. The monoisotopic (exact) mass is 397 g/mol. The Labute approximate surface area is 166 Å². The number of nitrogens with one attached hydrogen (secondary N) is 3. The summed E-state index contributed by atoms with van der Waals surface area (Å²) in [5, 5.41) is 13.2. The number of benzene rings is 1. The molecule has 2 aromatic rings. The van der Waals surface area contributed by atoms with Gasteiger partial charge >= 0.3 is 5.69 Å².